The molecule has 9 nitrogen and oxygen atoms in total. The average Bonchev–Trinajstić information content (AvgIpc) is 3.25. The number of fused-ring (bicyclic) bond motifs is 1. The number of nitrogens with zero attached hydrogens (tertiary/aromatic N) is 3. The van der Waals surface area contributed by atoms with E-state index in [2.05, 4.69) is 41.9 Å². The first-order chi connectivity index (χ1) is 15.3. The summed E-state index contributed by atoms with van der Waals surface area (Å²) in [5.41, 5.74) is 3.56. The van der Waals surface area contributed by atoms with E-state index in [0.29, 0.717) is 13.2 Å². The number of H-pyrrole nitrogens is 1. The zero-order valence-corrected chi connectivity index (χ0v) is 17.4. The molecule has 162 valence electrons. The highest BCUT2D eigenvalue weighted by Gasteiger charge is 2.18. The fraction of sp³-hybridized carbons (Fsp3) is 0.409. The maximum absolute atomic E-state index is 12.3. The number of hydrogen-bond donors (Lipinski definition) is 4. The summed E-state index contributed by atoms with van der Waals surface area (Å²) in [5, 5.41) is 10.2. The van der Waals surface area contributed by atoms with Gasteiger partial charge in [0.2, 0.25) is 0 Å². The van der Waals surface area contributed by atoms with Gasteiger partial charge in [0, 0.05) is 37.1 Å². The number of nitrogens with one attached hydrogen (secondary N) is 4. The van der Waals surface area contributed by atoms with Crippen molar-refractivity contribution < 1.29 is 9.53 Å². The Bertz CT molecular complexity index is 1040. The fourth-order valence-corrected chi connectivity index (χ4v) is 4.17. The lowest BCUT2D eigenvalue weighted by molar-refractivity contribution is 0.122. The van der Waals surface area contributed by atoms with Crippen molar-refractivity contribution in [3.63, 3.8) is 0 Å². The van der Waals surface area contributed by atoms with Crippen molar-refractivity contribution in [2.75, 3.05) is 49.6 Å². The molecule has 2 fully saturated rings. The molecule has 2 amide bonds. The Hall–Kier alpha value is -3.17. The summed E-state index contributed by atoms with van der Waals surface area (Å²) in [7, 11) is 0. The van der Waals surface area contributed by atoms with E-state index in [-0.39, 0.29) is 12.1 Å². The van der Waals surface area contributed by atoms with Crippen molar-refractivity contribution in [2.45, 2.75) is 18.9 Å². The molecule has 0 aliphatic carbocycles. The molecule has 1 aromatic carbocycles. The molecule has 2 saturated heterocycles. The van der Waals surface area contributed by atoms with Gasteiger partial charge in [-0.2, -0.15) is 0 Å². The first-order valence-corrected chi connectivity index (χ1v) is 10.8. The van der Waals surface area contributed by atoms with Crippen LogP contribution in [0.3, 0.4) is 0 Å². The van der Waals surface area contributed by atoms with Gasteiger partial charge in [0.1, 0.15) is 17.8 Å². The lowest BCUT2D eigenvalue weighted by Gasteiger charge is -2.27. The number of anilines is 2. The van der Waals surface area contributed by atoms with Crippen LogP contribution in [0.15, 0.2) is 36.7 Å². The molecule has 1 atom stereocenters. The number of hydrogen-bond acceptors (Lipinski definition) is 6. The Kier molecular flexibility index (Phi) is 5.68. The summed E-state index contributed by atoms with van der Waals surface area (Å²) in [4.78, 5) is 26.8. The highest BCUT2D eigenvalue weighted by Crippen LogP contribution is 2.29. The lowest BCUT2D eigenvalue weighted by Crippen LogP contribution is -2.47. The Labute approximate surface area is 180 Å². The fourth-order valence-electron chi connectivity index (χ4n) is 4.17. The Morgan fingerprint density at radius 3 is 2.77 bits per heavy atom. The standard InChI is InChI=1S/C22H27N7O2/c30-22(27-17-2-1-7-23-13-17)26-16-5-3-15(4-6-16)19-12-18-20(28-19)24-14-25-21(18)29-8-10-31-11-9-29/h3-6,12,14,17,23H,1-2,7-11,13H2,(H,24,25,28)(H2,26,27,30)/t17-/m0/s1. The number of rotatable bonds is 4. The van der Waals surface area contributed by atoms with Crippen LogP contribution in [0.1, 0.15) is 12.8 Å². The van der Waals surface area contributed by atoms with Crippen molar-refractivity contribution >= 4 is 28.6 Å². The molecule has 4 heterocycles. The molecule has 31 heavy (non-hydrogen) atoms. The van der Waals surface area contributed by atoms with Crippen molar-refractivity contribution in [1.29, 1.82) is 0 Å². The number of carbonyl (C=O) groups is 1. The number of amides is 2. The summed E-state index contributed by atoms with van der Waals surface area (Å²) in [6, 6.07) is 9.90. The van der Waals surface area contributed by atoms with Gasteiger partial charge >= 0.3 is 6.03 Å². The van der Waals surface area contributed by atoms with E-state index in [1.165, 1.54) is 0 Å². The summed E-state index contributed by atoms with van der Waals surface area (Å²) in [6.45, 7) is 4.92. The number of ether oxygens (including phenoxy) is 1. The van der Waals surface area contributed by atoms with Crippen LogP contribution in [0.5, 0.6) is 0 Å². The van der Waals surface area contributed by atoms with E-state index in [9.17, 15) is 4.79 Å². The molecule has 2 aliphatic rings. The third-order valence-corrected chi connectivity index (χ3v) is 5.80. The Morgan fingerprint density at radius 2 is 2.00 bits per heavy atom. The summed E-state index contributed by atoms with van der Waals surface area (Å²) >= 11 is 0. The number of aromatic nitrogens is 3. The third kappa shape index (κ3) is 4.47. The number of carbonyl (C=O) groups excluding carboxylic acids is 1. The van der Waals surface area contributed by atoms with E-state index in [1.807, 2.05) is 24.3 Å². The van der Waals surface area contributed by atoms with Crippen LogP contribution < -0.4 is 20.9 Å². The number of urea groups is 1. The Morgan fingerprint density at radius 1 is 1.16 bits per heavy atom. The zero-order chi connectivity index (χ0) is 21.0. The van der Waals surface area contributed by atoms with Gasteiger partial charge < -0.3 is 30.6 Å². The van der Waals surface area contributed by atoms with Crippen molar-refractivity contribution in [1.82, 2.24) is 25.6 Å². The molecule has 2 aromatic heterocycles. The van der Waals surface area contributed by atoms with Crippen LogP contribution in [0.25, 0.3) is 22.3 Å². The van der Waals surface area contributed by atoms with E-state index < -0.39 is 0 Å². The summed E-state index contributed by atoms with van der Waals surface area (Å²) < 4.78 is 5.46. The highest BCUT2D eigenvalue weighted by molar-refractivity contribution is 5.93. The van der Waals surface area contributed by atoms with Gasteiger partial charge in [-0.1, -0.05) is 12.1 Å². The lowest BCUT2D eigenvalue weighted by atomic mass is 10.1. The minimum Gasteiger partial charge on any atom is -0.378 e. The largest absolute Gasteiger partial charge is 0.378 e. The van der Waals surface area contributed by atoms with Crippen molar-refractivity contribution in [3.8, 4) is 11.3 Å². The maximum Gasteiger partial charge on any atom is 0.319 e. The van der Waals surface area contributed by atoms with E-state index in [0.717, 1.165) is 72.8 Å². The van der Waals surface area contributed by atoms with Crippen LogP contribution in [0.4, 0.5) is 16.3 Å². The number of benzene rings is 1. The third-order valence-electron chi connectivity index (χ3n) is 5.80. The molecule has 0 unspecified atom stereocenters. The van der Waals surface area contributed by atoms with Gasteiger partial charge in [0.25, 0.3) is 0 Å². The smallest absolute Gasteiger partial charge is 0.319 e. The van der Waals surface area contributed by atoms with Crippen molar-refractivity contribution in [3.05, 3.63) is 36.7 Å². The second kappa shape index (κ2) is 8.91. The topological polar surface area (TPSA) is 107 Å². The predicted molar refractivity (Wildman–Crippen MR) is 120 cm³/mol. The first kappa shape index (κ1) is 19.8. The summed E-state index contributed by atoms with van der Waals surface area (Å²) in [6.07, 6.45) is 3.69. The van der Waals surface area contributed by atoms with Crippen LogP contribution >= 0.6 is 0 Å². The first-order valence-electron chi connectivity index (χ1n) is 10.8. The summed E-state index contributed by atoms with van der Waals surface area (Å²) in [5.74, 6) is 0.933. The normalized spacial score (nSPS) is 19.4. The molecule has 3 aromatic rings. The number of aromatic amines is 1. The second-order valence-electron chi connectivity index (χ2n) is 7.96. The molecule has 0 saturated carbocycles. The highest BCUT2D eigenvalue weighted by atomic mass is 16.5. The van der Waals surface area contributed by atoms with Crippen LogP contribution in [-0.2, 0) is 4.74 Å². The minimum atomic E-state index is -0.169. The van der Waals surface area contributed by atoms with E-state index in [4.69, 9.17) is 4.74 Å². The SMILES string of the molecule is O=C(Nc1ccc(-c2cc3c(N4CCOCC4)ncnc3[nH]2)cc1)N[C@H]1CCCNC1. The monoisotopic (exact) mass is 421 g/mol. The molecule has 4 N–H and O–H groups in total. The Balaban J connectivity index is 1.29. The van der Waals surface area contributed by atoms with Crippen LogP contribution in [0, 0.1) is 0 Å². The van der Waals surface area contributed by atoms with Gasteiger partial charge in [0.05, 0.1) is 18.6 Å². The number of piperidine rings is 1. The molecule has 0 spiro atoms. The van der Waals surface area contributed by atoms with Gasteiger partial charge in [0.15, 0.2) is 0 Å². The second-order valence-corrected chi connectivity index (χ2v) is 7.96. The molecule has 5 rings (SSSR count). The van der Waals surface area contributed by atoms with Gasteiger partial charge in [-0.05, 0) is 43.1 Å². The minimum absolute atomic E-state index is 0.169. The predicted octanol–water partition coefficient (Wildman–Crippen LogP) is 2.33. The zero-order valence-electron chi connectivity index (χ0n) is 17.4. The van der Waals surface area contributed by atoms with Gasteiger partial charge in [-0.3, -0.25) is 0 Å². The van der Waals surface area contributed by atoms with Gasteiger partial charge in [-0.25, -0.2) is 14.8 Å². The van der Waals surface area contributed by atoms with E-state index >= 15 is 0 Å². The van der Waals surface area contributed by atoms with Crippen molar-refractivity contribution in [2.24, 2.45) is 0 Å². The molecular weight excluding hydrogens is 394 g/mol. The number of morpholine rings is 1. The molecule has 0 radical (unpaired) electrons. The van der Waals surface area contributed by atoms with Crippen LogP contribution in [0.2, 0.25) is 0 Å². The average molecular weight is 422 g/mol. The van der Waals surface area contributed by atoms with E-state index in [1.54, 1.807) is 6.33 Å². The van der Waals surface area contributed by atoms with Crippen LogP contribution in [-0.4, -0.2) is 66.4 Å². The molecule has 0 bridgehead atoms. The molecule has 9 heteroatoms. The quantitative estimate of drug-likeness (QED) is 0.515. The maximum atomic E-state index is 12.3. The molecular formula is C22H27N7O2. The molecule has 2 aliphatic heterocycles. The van der Waals surface area contributed by atoms with Gasteiger partial charge in [-0.15, -0.1) is 0 Å².